The maximum absolute atomic E-state index is 12.1. The molecule has 0 aliphatic heterocycles. The second-order valence-corrected chi connectivity index (χ2v) is 9.36. The van der Waals surface area contributed by atoms with Crippen molar-refractivity contribution in [1.29, 1.82) is 0 Å². The van der Waals surface area contributed by atoms with Crippen molar-refractivity contribution >= 4 is 37.5 Å². The lowest BCUT2D eigenvalue weighted by molar-refractivity contribution is -0.121. The minimum atomic E-state index is -3.41. The molecule has 0 bridgehead atoms. The summed E-state index contributed by atoms with van der Waals surface area (Å²) >= 11 is 3.36. The molecule has 2 rings (SSSR count). The van der Waals surface area contributed by atoms with Crippen LogP contribution in [0.4, 0.5) is 5.69 Å². The molecule has 0 fully saturated rings. The Hall–Kier alpha value is -1.86. The Morgan fingerprint density at radius 1 is 1.15 bits per heavy atom. The lowest BCUT2D eigenvalue weighted by Crippen LogP contribution is -2.32. The molecule has 0 saturated carbocycles. The van der Waals surface area contributed by atoms with Gasteiger partial charge in [-0.1, -0.05) is 59.3 Å². The highest BCUT2D eigenvalue weighted by Crippen LogP contribution is 2.22. The van der Waals surface area contributed by atoms with Gasteiger partial charge in [0.2, 0.25) is 15.9 Å². The SMILES string of the molecule is C[C@@H](CNC(=O)CCCN(c1cccc(Br)c1)S(C)(=O)=O)c1ccccc1. The van der Waals surface area contributed by atoms with E-state index in [4.69, 9.17) is 0 Å². The Balaban J connectivity index is 1.85. The Bertz CT molecular complexity index is 857. The normalized spacial score (nSPS) is 12.4. The zero-order valence-corrected chi connectivity index (χ0v) is 18.0. The number of halogens is 1. The number of benzene rings is 2. The smallest absolute Gasteiger partial charge is 0.232 e. The fourth-order valence-electron chi connectivity index (χ4n) is 2.76. The lowest BCUT2D eigenvalue weighted by Gasteiger charge is -2.22. The summed E-state index contributed by atoms with van der Waals surface area (Å²) in [5.41, 5.74) is 1.76. The van der Waals surface area contributed by atoms with Crippen molar-refractivity contribution in [2.75, 3.05) is 23.7 Å². The van der Waals surface area contributed by atoms with Crippen molar-refractivity contribution in [3.05, 3.63) is 64.6 Å². The van der Waals surface area contributed by atoms with Crippen LogP contribution in [0.2, 0.25) is 0 Å². The highest BCUT2D eigenvalue weighted by molar-refractivity contribution is 9.10. The molecule has 0 heterocycles. The first kappa shape index (κ1) is 21.4. The second-order valence-electron chi connectivity index (χ2n) is 6.53. The minimum Gasteiger partial charge on any atom is -0.356 e. The number of anilines is 1. The number of amides is 1. The largest absolute Gasteiger partial charge is 0.356 e. The number of sulfonamides is 1. The molecule has 1 amide bonds. The van der Waals surface area contributed by atoms with Crippen molar-refractivity contribution in [3.63, 3.8) is 0 Å². The van der Waals surface area contributed by atoms with E-state index in [9.17, 15) is 13.2 Å². The van der Waals surface area contributed by atoms with Crippen LogP contribution < -0.4 is 9.62 Å². The van der Waals surface area contributed by atoms with Gasteiger partial charge in [-0.2, -0.15) is 0 Å². The molecule has 146 valence electrons. The number of nitrogens with zero attached hydrogens (tertiary/aromatic N) is 1. The fraction of sp³-hybridized carbons (Fsp3) is 0.350. The summed E-state index contributed by atoms with van der Waals surface area (Å²) in [6, 6.07) is 17.1. The third kappa shape index (κ3) is 6.99. The number of rotatable bonds is 9. The van der Waals surface area contributed by atoms with Crippen molar-refractivity contribution in [1.82, 2.24) is 5.32 Å². The number of carbonyl (C=O) groups is 1. The van der Waals surface area contributed by atoms with Gasteiger partial charge in [0.05, 0.1) is 11.9 Å². The molecule has 0 aromatic heterocycles. The summed E-state index contributed by atoms with van der Waals surface area (Å²) in [5, 5.41) is 2.93. The van der Waals surface area contributed by atoms with Crippen LogP contribution in [0.25, 0.3) is 0 Å². The first-order valence-electron chi connectivity index (χ1n) is 8.82. The van der Waals surface area contributed by atoms with Gasteiger partial charge in [0.1, 0.15) is 0 Å². The molecule has 5 nitrogen and oxygen atoms in total. The summed E-state index contributed by atoms with van der Waals surface area (Å²) < 4.78 is 26.3. The van der Waals surface area contributed by atoms with Crippen LogP contribution in [-0.4, -0.2) is 33.7 Å². The van der Waals surface area contributed by atoms with E-state index >= 15 is 0 Å². The summed E-state index contributed by atoms with van der Waals surface area (Å²) in [7, 11) is -3.41. The van der Waals surface area contributed by atoms with E-state index in [-0.39, 0.29) is 24.8 Å². The molecule has 1 N–H and O–H groups in total. The van der Waals surface area contributed by atoms with Crippen molar-refractivity contribution in [2.45, 2.75) is 25.7 Å². The summed E-state index contributed by atoms with van der Waals surface area (Å²) in [5.74, 6) is 0.157. The topological polar surface area (TPSA) is 66.5 Å². The Morgan fingerprint density at radius 3 is 2.48 bits per heavy atom. The predicted octanol–water partition coefficient (Wildman–Crippen LogP) is 3.92. The number of hydrogen-bond donors (Lipinski definition) is 1. The Labute approximate surface area is 170 Å². The van der Waals surface area contributed by atoms with Gasteiger partial charge in [-0.3, -0.25) is 9.10 Å². The van der Waals surface area contributed by atoms with Crippen LogP contribution in [0.15, 0.2) is 59.1 Å². The third-order valence-corrected chi connectivity index (χ3v) is 5.92. The van der Waals surface area contributed by atoms with Crippen molar-refractivity contribution in [3.8, 4) is 0 Å². The van der Waals surface area contributed by atoms with Crippen LogP contribution in [-0.2, 0) is 14.8 Å². The first-order chi connectivity index (χ1) is 12.8. The van der Waals surface area contributed by atoms with Crippen LogP contribution in [0.5, 0.6) is 0 Å². The van der Waals surface area contributed by atoms with E-state index < -0.39 is 10.0 Å². The predicted molar refractivity (Wildman–Crippen MR) is 113 cm³/mol. The average molecular weight is 453 g/mol. The summed E-state index contributed by atoms with van der Waals surface area (Å²) in [6.45, 7) is 2.88. The molecule has 2 aromatic carbocycles. The third-order valence-electron chi connectivity index (χ3n) is 4.24. The molecule has 2 aromatic rings. The van der Waals surface area contributed by atoms with Crippen LogP contribution in [0.1, 0.15) is 31.2 Å². The quantitative estimate of drug-likeness (QED) is 0.626. The summed E-state index contributed by atoms with van der Waals surface area (Å²) in [4.78, 5) is 12.1. The second kappa shape index (κ2) is 9.90. The maximum Gasteiger partial charge on any atom is 0.232 e. The van der Waals surface area contributed by atoms with Gasteiger partial charge >= 0.3 is 0 Å². The lowest BCUT2D eigenvalue weighted by atomic mass is 10.0. The van der Waals surface area contributed by atoms with Gasteiger partial charge < -0.3 is 5.32 Å². The average Bonchev–Trinajstić information content (AvgIpc) is 2.63. The van der Waals surface area contributed by atoms with Gasteiger partial charge in [-0.15, -0.1) is 0 Å². The first-order valence-corrected chi connectivity index (χ1v) is 11.5. The Kier molecular flexibility index (Phi) is 7.86. The molecule has 0 aliphatic carbocycles. The van der Waals surface area contributed by atoms with Gasteiger partial charge in [0, 0.05) is 24.0 Å². The minimum absolute atomic E-state index is 0.0690. The van der Waals surface area contributed by atoms with E-state index in [1.165, 1.54) is 16.1 Å². The van der Waals surface area contributed by atoms with Crippen molar-refractivity contribution < 1.29 is 13.2 Å². The molecule has 0 unspecified atom stereocenters. The monoisotopic (exact) mass is 452 g/mol. The molecule has 0 spiro atoms. The van der Waals surface area contributed by atoms with Gasteiger partial charge in [-0.05, 0) is 36.1 Å². The summed E-state index contributed by atoms with van der Waals surface area (Å²) in [6.07, 6.45) is 1.90. The van der Waals surface area contributed by atoms with E-state index in [1.807, 2.05) is 36.4 Å². The van der Waals surface area contributed by atoms with E-state index in [2.05, 4.69) is 28.2 Å². The number of carbonyl (C=O) groups excluding carboxylic acids is 1. The Morgan fingerprint density at radius 2 is 1.85 bits per heavy atom. The van der Waals surface area contributed by atoms with Crippen molar-refractivity contribution in [2.24, 2.45) is 0 Å². The van der Waals surface area contributed by atoms with Crippen LogP contribution in [0.3, 0.4) is 0 Å². The standard InChI is InChI=1S/C20H25BrN2O3S/c1-16(17-8-4-3-5-9-17)15-22-20(24)12-7-13-23(27(2,25)26)19-11-6-10-18(21)14-19/h3-6,8-11,14,16H,7,12-13,15H2,1-2H3,(H,22,24)/t16-/m0/s1. The highest BCUT2D eigenvalue weighted by Gasteiger charge is 2.18. The molecular formula is C20H25BrN2O3S. The zero-order chi connectivity index (χ0) is 19.9. The van der Waals surface area contributed by atoms with E-state index in [0.717, 1.165) is 4.47 Å². The fourth-order valence-corrected chi connectivity index (χ4v) is 4.10. The van der Waals surface area contributed by atoms with E-state index in [0.29, 0.717) is 18.7 Å². The molecule has 0 saturated heterocycles. The van der Waals surface area contributed by atoms with Crippen LogP contribution >= 0.6 is 15.9 Å². The van der Waals surface area contributed by atoms with Crippen LogP contribution in [0, 0.1) is 0 Å². The molecule has 1 atom stereocenters. The molecule has 27 heavy (non-hydrogen) atoms. The number of hydrogen-bond acceptors (Lipinski definition) is 3. The van der Waals surface area contributed by atoms with Gasteiger partial charge in [0.25, 0.3) is 0 Å². The molecule has 0 radical (unpaired) electrons. The molecular weight excluding hydrogens is 428 g/mol. The van der Waals surface area contributed by atoms with E-state index in [1.54, 1.807) is 18.2 Å². The zero-order valence-electron chi connectivity index (χ0n) is 15.6. The van der Waals surface area contributed by atoms with Gasteiger partial charge in [-0.25, -0.2) is 8.42 Å². The van der Waals surface area contributed by atoms with Gasteiger partial charge in [0.15, 0.2) is 0 Å². The molecule has 7 heteroatoms. The maximum atomic E-state index is 12.1. The molecule has 0 aliphatic rings. The number of nitrogens with one attached hydrogen (secondary N) is 1. The highest BCUT2D eigenvalue weighted by atomic mass is 79.9.